The standard InChI is InChI=1S/C18H23NO2/c1-14(2)19-13-15(3)20-17-9-11-18(12-10-17)21-16-7-5-4-6-8-16/h4-12,14-15,19H,13H2,1-3H3. The summed E-state index contributed by atoms with van der Waals surface area (Å²) in [5.41, 5.74) is 0. The Bertz CT molecular complexity index is 523. The van der Waals surface area contributed by atoms with Gasteiger partial charge in [0.25, 0.3) is 0 Å². The molecule has 0 radical (unpaired) electrons. The molecular weight excluding hydrogens is 262 g/mol. The zero-order valence-corrected chi connectivity index (χ0v) is 12.9. The summed E-state index contributed by atoms with van der Waals surface area (Å²) in [6.45, 7) is 7.15. The van der Waals surface area contributed by atoms with Gasteiger partial charge in [-0.15, -0.1) is 0 Å². The van der Waals surface area contributed by atoms with Gasteiger partial charge in [0.1, 0.15) is 23.4 Å². The van der Waals surface area contributed by atoms with E-state index in [1.807, 2.05) is 54.6 Å². The second-order valence-corrected chi connectivity index (χ2v) is 5.38. The highest BCUT2D eigenvalue weighted by Gasteiger charge is 2.05. The summed E-state index contributed by atoms with van der Waals surface area (Å²) in [6.07, 6.45) is 0.133. The molecule has 0 aliphatic carbocycles. The summed E-state index contributed by atoms with van der Waals surface area (Å²) in [7, 11) is 0. The topological polar surface area (TPSA) is 30.5 Å². The lowest BCUT2D eigenvalue weighted by atomic mass is 10.3. The second kappa shape index (κ2) is 7.70. The van der Waals surface area contributed by atoms with Gasteiger partial charge < -0.3 is 14.8 Å². The van der Waals surface area contributed by atoms with Gasteiger partial charge in [0.15, 0.2) is 0 Å². The number of nitrogens with one attached hydrogen (secondary N) is 1. The highest BCUT2D eigenvalue weighted by molar-refractivity contribution is 5.35. The predicted molar refractivity (Wildman–Crippen MR) is 86.2 cm³/mol. The molecular formula is C18H23NO2. The van der Waals surface area contributed by atoms with Gasteiger partial charge >= 0.3 is 0 Å². The van der Waals surface area contributed by atoms with E-state index in [4.69, 9.17) is 9.47 Å². The first kappa shape index (κ1) is 15.4. The van der Waals surface area contributed by atoms with Gasteiger partial charge in [-0.25, -0.2) is 0 Å². The fourth-order valence-electron chi connectivity index (χ4n) is 1.89. The van der Waals surface area contributed by atoms with E-state index in [0.717, 1.165) is 23.8 Å². The van der Waals surface area contributed by atoms with Crippen LogP contribution in [0.3, 0.4) is 0 Å². The van der Waals surface area contributed by atoms with Crippen LogP contribution in [0.25, 0.3) is 0 Å². The molecule has 1 unspecified atom stereocenters. The number of hydrogen-bond acceptors (Lipinski definition) is 3. The minimum Gasteiger partial charge on any atom is -0.489 e. The Hall–Kier alpha value is -2.00. The van der Waals surface area contributed by atoms with E-state index in [2.05, 4.69) is 26.1 Å². The number of rotatable bonds is 7. The van der Waals surface area contributed by atoms with Gasteiger partial charge in [-0.2, -0.15) is 0 Å². The summed E-state index contributed by atoms with van der Waals surface area (Å²) in [6, 6.07) is 17.9. The molecule has 0 heterocycles. The van der Waals surface area contributed by atoms with Crippen LogP contribution >= 0.6 is 0 Å². The summed E-state index contributed by atoms with van der Waals surface area (Å²) in [5, 5.41) is 3.36. The van der Waals surface area contributed by atoms with Crippen LogP contribution in [-0.2, 0) is 0 Å². The van der Waals surface area contributed by atoms with E-state index >= 15 is 0 Å². The van der Waals surface area contributed by atoms with E-state index in [1.54, 1.807) is 0 Å². The molecule has 0 amide bonds. The van der Waals surface area contributed by atoms with Crippen LogP contribution in [0, 0.1) is 0 Å². The molecule has 2 rings (SSSR count). The first-order chi connectivity index (χ1) is 10.1. The molecule has 2 aromatic carbocycles. The molecule has 0 fully saturated rings. The zero-order chi connectivity index (χ0) is 15.1. The maximum Gasteiger partial charge on any atom is 0.127 e. The SMILES string of the molecule is CC(C)NCC(C)Oc1ccc(Oc2ccccc2)cc1. The van der Waals surface area contributed by atoms with Crippen molar-refractivity contribution in [3.05, 3.63) is 54.6 Å². The Morgan fingerprint density at radius 1 is 0.810 bits per heavy atom. The zero-order valence-electron chi connectivity index (χ0n) is 12.9. The number of ether oxygens (including phenoxy) is 2. The first-order valence-corrected chi connectivity index (χ1v) is 7.36. The number of hydrogen-bond donors (Lipinski definition) is 1. The van der Waals surface area contributed by atoms with Crippen molar-refractivity contribution in [1.29, 1.82) is 0 Å². The normalized spacial score (nSPS) is 12.2. The molecule has 21 heavy (non-hydrogen) atoms. The second-order valence-electron chi connectivity index (χ2n) is 5.38. The average Bonchev–Trinajstić information content (AvgIpc) is 2.48. The molecule has 0 aromatic heterocycles. The molecule has 3 heteroatoms. The van der Waals surface area contributed by atoms with E-state index in [-0.39, 0.29) is 6.10 Å². The Labute approximate surface area is 126 Å². The third-order valence-electron chi connectivity index (χ3n) is 2.95. The highest BCUT2D eigenvalue weighted by atomic mass is 16.5. The predicted octanol–water partition coefficient (Wildman–Crippen LogP) is 4.24. The van der Waals surface area contributed by atoms with Crippen molar-refractivity contribution in [2.75, 3.05) is 6.54 Å². The molecule has 1 N–H and O–H groups in total. The van der Waals surface area contributed by atoms with Crippen LogP contribution < -0.4 is 14.8 Å². The highest BCUT2D eigenvalue weighted by Crippen LogP contribution is 2.23. The van der Waals surface area contributed by atoms with Gasteiger partial charge in [0.2, 0.25) is 0 Å². The minimum absolute atomic E-state index is 0.133. The van der Waals surface area contributed by atoms with Gasteiger partial charge in [-0.05, 0) is 43.3 Å². The van der Waals surface area contributed by atoms with Crippen molar-refractivity contribution in [1.82, 2.24) is 5.32 Å². The van der Waals surface area contributed by atoms with Gasteiger partial charge in [0, 0.05) is 12.6 Å². The van der Waals surface area contributed by atoms with Crippen LogP contribution in [0.15, 0.2) is 54.6 Å². The van der Waals surface area contributed by atoms with Gasteiger partial charge in [-0.1, -0.05) is 32.0 Å². The third-order valence-corrected chi connectivity index (χ3v) is 2.95. The van der Waals surface area contributed by atoms with Crippen molar-refractivity contribution in [3.63, 3.8) is 0 Å². The molecule has 0 saturated heterocycles. The van der Waals surface area contributed by atoms with Crippen LogP contribution in [0.5, 0.6) is 17.2 Å². The molecule has 3 nitrogen and oxygen atoms in total. The Morgan fingerprint density at radius 3 is 2.00 bits per heavy atom. The molecule has 1 atom stereocenters. The largest absolute Gasteiger partial charge is 0.489 e. The van der Waals surface area contributed by atoms with Gasteiger partial charge in [-0.3, -0.25) is 0 Å². The maximum absolute atomic E-state index is 5.85. The first-order valence-electron chi connectivity index (χ1n) is 7.36. The van der Waals surface area contributed by atoms with Gasteiger partial charge in [0.05, 0.1) is 0 Å². The van der Waals surface area contributed by atoms with E-state index in [9.17, 15) is 0 Å². The molecule has 0 aliphatic heterocycles. The number of benzene rings is 2. The Balaban J connectivity index is 1.87. The lowest BCUT2D eigenvalue weighted by Crippen LogP contribution is -2.33. The van der Waals surface area contributed by atoms with E-state index in [0.29, 0.717) is 6.04 Å². The molecule has 0 saturated carbocycles. The molecule has 112 valence electrons. The van der Waals surface area contributed by atoms with Crippen molar-refractivity contribution in [3.8, 4) is 17.2 Å². The Morgan fingerprint density at radius 2 is 1.38 bits per heavy atom. The van der Waals surface area contributed by atoms with E-state index < -0.39 is 0 Å². The minimum atomic E-state index is 0.133. The summed E-state index contributed by atoms with van der Waals surface area (Å²) in [4.78, 5) is 0. The summed E-state index contributed by atoms with van der Waals surface area (Å²) < 4.78 is 11.6. The molecule has 0 bridgehead atoms. The summed E-state index contributed by atoms with van der Waals surface area (Å²) >= 11 is 0. The van der Waals surface area contributed by atoms with Crippen LogP contribution in [0.2, 0.25) is 0 Å². The quantitative estimate of drug-likeness (QED) is 0.825. The summed E-state index contributed by atoms with van der Waals surface area (Å²) in [5.74, 6) is 2.50. The van der Waals surface area contributed by atoms with Crippen LogP contribution in [0.1, 0.15) is 20.8 Å². The smallest absolute Gasteiger partial charge is 0.127 e. The van der Waals surface area contributed by atoms with E-state index in [1.165, 1.54) is 0 Å². The third kappa shape index (κ3) is 5.48. The van der Waals surface area contributed by atoms with Crippen molar-refractivity contribution < 1.29 is 9.47 Å². The number of para-hydroxylation sites is 1. The van der Waals surface area contributed by atoms with Crippen molar-refractivity contribution in [2.45, 2.75) is 32.9 Å². The fourth-order valence-corrected chi connectivity index (χ4v) is 1.89. The fraction of sp³-hybridized carbons (Fsp3) is 0.333. The molecule has 0 aliphatic rings. The lowest BCUT2D eigenvalue weighted by molar-refractivity contribution is 0.213. The monoisotopic (exact) mass is 285 g/mol. The molecule has 0 spiro atoms. The Kier molecular flexibility index (Phi) is 5.64. The van der Waals surface area contributed by atoms with Crippen molar-refractivity contribution >= 4 is 0 Å². The maximum atomic E-state index is 5.85. The van der Waals surface area contributed by atoms with Crippen molar-refractivity contribution in [2.24, 2.45) is 0 Å². The van der Waals surface area contributed by atoms with Crippen LogP contribution in [0.4, 0.5) is 0 Å². The van der Waals surface area contributed by atoms with Crippen LogP contribution in [-0.4, -0.2) is 18.7 Å². The molecule has 2 aromatic rings. The average molecular weight is 285 g/mol. The lowest BCUT2D eigenvalue weighted by Gasteiger charge is -2.17.